The van der Waals surface area contributed by atoms with Crippen molar-refractivity contribution in [1.29, 1.82) is 0 Å². The van der Waals surface area contributed by atoms with Gasteiger partial charge in [0.15, 0.2) is 0 Å². The van der Waals surface area contributed by atoms with Gasteiger partial charge in [0.25, 0.3) is 5.91 Å². The number of nitrogens with one attached hydrogen (secondary N) is 1. The van der Waals surface area contributed by atoms with Crippen LogP contribution in [0.15, 0.2) is 71.4 Å². The number of hydrogen-bond acceptors (Lipinski definition) is 4. The Hall–Kier alpha value is -3.87. The van der Waals surface area contributed by atoms with Crippen molar-refractivity contribution in [2.75, 3.05) is 5.32 Å². The molecule has 0 spiro atoms. The molecule has 0 aliphatic rings. The maximum Gasteiger partial charge on any atom is 0.339 e. The SMILES string of the molecule is O=C(O)c1cc(-c2ccn3nccc3c2)oc1C(=O)Nc1ccccc1. The third-order valence-electron chi connectivity index (χ3n) is 3.88. The zero-order chi connectivity index (χ0) is 18.1. The molecule has 3 heterocycles. The Morgan fingerprint density at radius 1 is 1.08 bits per heavy atom. The van der Waals surface area contributed by atoms with Crippen LogP contribution in [-0.2, 0) is 0 Å². The maximum absolute atomic E-state index is 12.5. The van der Waals surface area contributed by atoms with Gasteiger partial charge >= 0.3 is 5.97 Å². The minimum atomic E-state index is -1.23. The van der Waals surface area contributed by atoms with Gasteiger partial charge < -0.3 is 14.8 Å². The topological polar surface area (TPSA) is 96.8 Å². The second-order valence-corrected chi connectivity index (χ2v) is 5.59. The molecule has 0 radical (unpaired) electrons. The Morgan fingerprint density at radius 3 is 2.65 bits per heavy atom. The Bertz CT molecular complexity index is 1110. The molecular formula is C19H13N3O4. The molecule has 3 aromatic heterocycles. The third-order valence-corrected chi connectivity index (χ3v) is 3.88. The smallest absolute Gasteiger partial charge is 0.339 e. The number of aromatic carboxylic acids is 1. The lowest BCUT2D eigenvalue weighted by molar-refractivity contribution is 0.0690. The minimum Gasteiger partial charge on any atom is -0.478 e. The molecule has 0 aliphatic heterocycles. The van der Waals surface area contributed by atoms with Gasteiger partial charge in [-0.2, -0.15) is 5.10 Å². The van der Waals surface area contributed by atoms with Gasteiger partial charge in [-0.15, -0.1) is 0 Å². The molecule has 0 saturated heterocycles. The van der Waals surface area contributed by atoms with Crippen molar-refractivity contribution in [3.05, 3.63) is 78.3 Å². The molecule has 0 unspecified atom stereocenters. The van der Waals surface area contributed by atoms with Crippen LogP contribution in [0.5, 0.6) is 0 Å². The van der Waals surface area contributed by atoms with E-state index in [4.69, 9.17) is 4.42 Å². The van der Waals surface area contributed by atoms with Crippen molar-refractivity contribution < 1.29 is 19.1 Å². The van der Waals surface area contributed by atoms with Gasteiger partial charge in [-0.1, -0.05) is 18.2 Å². The Labute approximate surface area is 147 Å². The molecule has 0 aliphatic carbocycles. The van der Waals surface area contributed by atoms with Gasteiger partial charge in [0.1, 0.15) is 11.3 Å². The molecular weight excluding hydrogens is 334 g/mol. The monoisotopic (exact) mass is 347 g/mol. The van der Waals surface area contributed by atoms with Crippen molar-refractivity contribution in [1.82, 2.24) is 9.61 Å². The summed E-state index contributed by atoms with van der Waals surface area (Å²) >= 11 is 0. The van der Waals surface area contributed by atoms with Gasteiger partial charge in [-0.05, 0) is 36.4 Å². The Kier molecular flexibility index (Phi) is 3.74. The first-order valence-corrected chi connectivity index (χ1v) is 7.79. The molecule has 4 rings (SSSR count). The molecule has 4 aromatic rings. The lowest BCUT2D eigenvalue weighted by Crippen LogP contribution is -2.14. The van der Waals surface area contributed by atoms with E-state index in [1.807, 2.05) is 12.1 Å². The molecule has 0 saturated carbocycles. The van der Waals surface area contributed by atoms with E-state index in [9.17, 15) is 14.7 Å². The molecule has 7 nitrogen and oxygen atoms in total. The van der Waals surface area contributed by atoms with Crippen LogP contribution in [0.1, 0.15) is 20.9 Å². The summed E-state index contributed by atoms with van der Waals surface area (Å²) in [6, 6.07) is 15.5. The number of anilines is 1. The van der Waals surface area contributed by atoms with E-state index in [2.05, 4.69) is 10.4 Å². The van der Waals surface area contributed by atoms with Crippen molar-refractivity contribution in [2.45, 2.75) is 0 Å². The van der Waals surface area contributed by atoms with E-state index in [1.54, 1.807) is 53.3 Å². The summed E-state index contributed by atoms with van der Waals surface area (Å²) in [7, 11) is 0. The van der Waals surface area contributed by atoms with E-state index in [1.165, 1.54) is 6.07 Å². The summed E-state index contributed by atoms with van der Waals surface area (Å²) in [6.45, 7) is 0. The number of pyridine rings is 1. The number of hydrogen-bond donors (Lipinski definition) is 2. The van der Waals surface area contributed by atoms with Crippen LogP contribution in [0.25, 0.3) is 16.8 Å². The van der Waals surface area contributed by atoms with Gasteiger partial charge in [0, 0.05) is 23.6 Å². The fourth-order valence-electron chi connectivity index (χ4n) is 2.65. The molecule has 0 fully saturated rings. The second-order valence-electron chi connectivity index (χ2n) is 5.59. The van der Waals surface area contributed by atoms with E-state index in [0.29, 0.717) is 17.0 Å². The summed E-state index contributed by atoms with van der Waals surface area (Å²) < 4.78 is 7.27. The Morgan fingerprint density at radius 2 is 1.88 bits per heavy atom. The highest BCUT2D eigenvalue weighted by atomic mass is 16.4. The van der Waals surface area contributed by atoms with Crippen molar-refractivity contribution >= 4 is 23.1 Å². The standard InChI is InChI=1S/C19H13N3O4/c23-18(21-13-4-2-1-3-5-13)17-15(19(24)25)11-16(26-17)12-7-9-22-14(10-12)6-8-20-22/h1-11H,(H,21,23)(H,24,25). The highest BCUT2D eigenvalue weighted by molar-refractivity contribution is 6.09. The fraction of sp³-hybridized carbons (Fsp3) is 0. The molecule has 2 N–H and O–H groups in total. The molecule has 1 amide bonds. The molecule has 26 heavy (non-hydrogen) atoms. The minimum absolute atomic E-state index is 0.193. The Balaban J connectivity index is 1.72. The molecule has 1 aromatic carbocycles. The number of carbonyl (C=O) groups excluding carboxylic acids is 1. The lowest BCUT2D eigenvalue weighted by Gasteiger charge is -2.03. The summed E-state index contributed by atoms with van der Waals surface area (Å²) in [5, 5.41) is 16.2. The first-order valence-electron chi connectivity index (χ1n) is 7.79. The summed E-state index contributed by atoms with van der Waals surface area (Å²) in [5.41, 5.74) is 1.83. The average Bonchev–Trinajstić information content (AvgIpc) is 3.29. The quantitative estimate of drug-likeness (QED) is 0.588. The van der Waals surface area contributed by atoms with Gasteiger partial charge in [0.2, 0.25) is 5.76 Å². The number of nitrogens with zero attached hydrogens (tertiary/aromatic N) is 2. The number of aromatic nitrogens is 2. The van der Waals surface area contributed by atoms with Gasteiger partial charge in [-0.3, -0.25) is 4.79 Å². The summed E-state index contributed by atoms with van der Waals surface area (Å²) in [6.07, 6.45) is 3.39. The predicted octanol–water partition coefficient (Wildman–Crippen LogP) is 3.54. The number of fused-ring (bicyclic) bond motifs is 1. The zero-order valence-electron chi connectivity index (χ0n) is 13.4. The normalized spacial score (nSPS) is 10.8. The summed E-state index contributed by atoms with van der Waals surface area (Å²) in [4.78, 5) is 24.0. The predicted molar refractivity (Wildman–Crippen MR) is 94.2 cm³/mol. The van der Waals surface area contributed by atoms with Crippen molar-refractivity contribution in [3.63, 3.8) is 0 Å². The van der Waals surface area contributed by atoms with E-state index >= 15 is 0 Å². The second kappa shape index (κ2) is 6.21. The highest BCUT2D eigenvalue weighted by Gasteiger charge is 2.24. The first-order chi connectivity index (χ1) is 12.6. The number of carboxylic acid groups (broad SMARTS) is 1. The number of rotatable bonds is 4. The lowest BCUT2D eigenvalue weighted by atomic mass is 10.1. The number of para-hydroxylation sites is 1. The highest BCUT2D eigenvalue weighted by Crippen LogP contribution is 2.27. The molecule has 0 atom stereocenters. The number of amides is 1. The van der Waals surface area contributed by atoms with Gasteiger partial charge in [0.05, 0.1) is 5.52 Å². The van der Waals surface area contributed by atoms with Crippen LogP contribution in [0.2, 0.25) is 0 Å². The van der Waals surface area contributed by atoms with Crippen molar-refractivity contribution in [2.24, 2.45) is 0 Å². The summed E-state index contributed by atoms with van der Waals surface area (Å²) in [5.74, 6) is -1.80. The average molecular weight is 347 g/mol. The van der Waals surface area contributed by atoms with Crippen LogP contribution >= 0.6 is 0 Å². The van der Waals surface area contributed by atoms with Crippen LogP contribution in [0, 0.1) is 0 Å². The van der Waals surface area contributed by atoms with Crippen molar-refractivity contribution in [3.8, 4) is 11.3 Å². The van der Waals surface area contributed by atoms with Gasteiger partial charge in [-0.25, -0.2) is 9.31 Å². The van der Waals surface area contributed by atoms with Crippen LogP contribution in [0.3, 0.4) is 0 Å². The number of carboxylic acids is 1. The van der Waals surface area contributed by atoms with E-state index < -0.39 is 11.9 Å². The zero-order valence-corrected chi connectivity index (χ0v) is 13.4. The number of carbonyl (C=O) groups is 2. The largest absolute Gasteiger partial charge is 0.478 e. The number of furan rings is 1. The van der Waals surface area contributed by atoms with E-state index in [0.717, 1.165) is 5.52 Å². The third kappa shape index (κ3) is 2.82. The van der Waals surface area contributed by atoms with E-state index in [-0.39, 0.29) is 11.3 Å². The van der Waals surface area contributed by atoms with Crippen LogP contribution < -0.4 is 5.32 Å². The molecule has 7 heteroatoms. The number of benzene rings is 1. The molecule has 0 bridgehead atoms. The van der Waals surface area contributed by atoms with Crippen LogP contribution in [0.4, 0.5) is 5.69 Å². The maximum atomic E-state index is 12.5. The first kappa shape index (κ1) is 15.6. The van der Waals surface area contributed by atoms with Crippen LogP contribution in [-0.4, -0.2) is 26.6 Å². The molecule has 128 valence electrons. The fourth-order valence-corrected chi connectivity index (χ4v) is 2.65.